The van der Waals surface area contributed by atoms with Crippen molar-refractivity contribution in [2.75, 3.05) is 0 Å². The second kappa shape index (κ2) is 6.78. The smallest absolute Gasteiger partial charge is 0.342 e. The van der Waals surface area contributed by atoms with E-state index in [1.165, 1.54) is 0 Å². The normalized spacial score (nSPS) is 10.3. The first kappa shape index (κ1) is 15.5. The molecule has 2 aromatic carbocycles. The monoisotopic (exact) mass is 322 g/mol. The maximum absolute atomic E-state index is 11.7. The number of H-pyrrole nitrogens is 1. The Morgan fingerprint density at radius 3 is 2.62 bits per heavy atom. The Hall–Kier alpha value is -3.41. The van der Waals surface area contributed by atoms with Crippen LogP contribution in [-0.2, 0) is 6.61 Å². The van der Waals surface area contributed by atoms with Gasteiger partial charge < -0.3 is 14.8 Å². The molecule has 0 bridgehead atoms. The van der Waals surface area contributed by atoms with Gasteiger partial charge in [0, 0.05) is 11.8 Å². The topological polar surface area (TPSA) is 92.3 Å². The summed E-state index contributed by atoms with van der Waals surface area (Å²) in [4.78, 5) is 29.1. The second-order valence-corrected chi connectivity index (χ2v) is 5.08. The first-order valence-corrected chi connectivity index (χ1v) is 7.23. The summed E-state index contributed by atoms with van der Waals surface area (Å²) in [5.41, 5.74) is 0.514. The fraction of sp³-hybridized carbons (Fsp3) is 0.0556. The Morgan fingerprint density at radius 1 is 1.12 bits per heavy atom. The molecule has 0 aliphatic heterocycles. The van der Waals surface area contributed by atoms with E-state index in [2.05, 4.69) is 9.97 Å². The Morgan fingerprint density at radius 2 is 1.92 bits per heavy atom. The number of carboxylic acids is 1. The van der Waals surface area contributed by atoms with Gasteiger partial charge in [-0.2, -0.15) is 0 Å². The van der Waals surface area contributed by atoms with Crippen molar-refractivity contribution in [1.82, 2.24) is 9.97 Å². The average molecular weight is 322 g/mol. The van der Waals surface area contributed by atoms with Crippen LogP contribution in [0.1, 0.15) is 15.9 Å². The van der Waals surface area contributed by atoms with Crippen LogP contribution in [0.2, 0.25) is 0 Å². The molecule has 0 aliphatic rings. The minimum atomic E-state index is -1.31. The van der Waals surface area contributed by atoms with E-state index in [9.17, 15) is 9.59 Å². The van der Waals surface area contributed by atoms with E-state index in [4.69, 9.17) is 9.84 Å². The SMILES string of the molecule is O=C(O)c1cnc(-c2cccc(COc3ccccc3)c2)[nH]c1=O. The molecule has 0 spiro atoms. The lowest BCUT2D eigenvalue weighted by Gasteiger charge is -2.08. The molecule has 6 heteroatoms. The summed E-state index contributed by atoms with van der Waals surface area (Å²) < 4.78 is 5.69. The lowest BCUT2D eigenvalue weighted by atomic mass is 10.1. The van der Waals surface area contributed by atoms with Crippen molar-refractivity contribution in [3.8, 4) is 17.1 Å². The lowest BCUT2D eigenvalue weighted by molar-refractivity contribution is 0.0694. The Bertz CT molecular complexity index is 920. The molecule has 0 aliphatic carbocycles. The third kappa shape index (κ3) is 3.49. The molecular formula is C18H14N2O4. The molecule has 1 heterocycles. The van der Waals surface area contributed by atoms with Gasteiger partial charge in [0.2, 0.25) is 0 Å². The first-order chi connectivity index (χ1) is 11.6. The summed E-state index contributed by atoms with van der Waals surface area (Å²) in [6, 6.07) is 16.8. The zero-order chi connectivity index (χ0) is 16.9. The molecule has 0 radical (unpaired) electrons. The number of hydrogen-bond donors (Lipinski definition) is 2. The van der Waals surface area contributed by atoms with E-state index < -0.39 is 11.5 Å². The van der Waals surface area contributed by atoms with Gasteiger partial charge in [-0.05, 0) is 23.8 Å². The number of carboxylic acid groups (broad SMARTS) is 1. The van der Waals surface area contributed by atoms with Gasteiger partial charge in [0.05, 0.1) is 0 Å². The number of aromatic carboxylic acids is 1. The van der Waals surface area contributed by atoms with Crippen molar-refractivity contribution in [2.45, 2.75) is 6.61 Å². The summed E-state index contributed by atoms with van der Waals surface area (Å²) >= 11 is 0. The summed E-state index contributed by atoms with van der Waals surface area (Å²) in [5, 5.41) is 8.87. The second-order valence-electron chi connectivity index (χ2n) is 5.08. The van der Waals surface area contributed by atoms with Crippen molar-refractivity contribution in [3.63, 3.8) is 0 Å². The Labute approximate surface area is 137 Å². The van der Waals surface area contributed by atoms with E-state index in [0.29, 0.717) is 18.0 Å². The van der Waals surface area contributed by atoms with E-state index in [1.54, 1.807) is 6.07 Å². The predicted octanol–water partition coefficient (Wildman–Crippen LogP) is 2.71. The van der Waals surface area contributed by atoms with Crippen LogP contribution in [-0.4, -0.2) is 21.0 Å². The molecule has 0 fully saturated rings. The number of rotatable bonds is 5. The van der Waals surface area contributed by atoms with Crippen LogP contribution in [0.3, 0.4) is 0 Å². The molecule has 6 nitrogen and oxygen atoms in total. The Kier molecular flexibility index (Phi) is 4.38. The van der Waals surface area contributed by atoms with Gasteiger partial charge in [0.25, 0.3) is 5.56 Å². The van der Waals surface area contributed by atoms with Crippen LogP contribution in [0.15, 0.2) is 65.6 Å². The minimum Gasteiger partial charge on any atom is -0.489 e. The van der Waals surface area contributed by atoms with Crippen LogP contribution in [0.4, 0.5) is 0 Å². The highest BCUT2D eigenvalue weighted by Crippen LogP contribution is 2.17. The van der Waals surface area contributed by atoms with Gasteiger partial charge in [0.15, 0.2) is 0 Å². The molecule has 0 atom stereocenters. The molecule has 0 unspecified atom stereocenters. The van der Waals surface area contributed by atoms with Gasteiger partial charge in [-0.15, -0.1) is 0 Å². The van der Waals surface area contributed by atoms with Crippen molar-refractivity contribution >= 4 is 5.97 Å². The predicted molar refractivity (Wildman–Crippen MR) is 88.0 cm³/mol. The highest BCUT2D eigenvalue weighted by molar-refractivity contribution is 5.86. The first-order valence-electron chi connectivity index (χ1n) is 7.23. The summed E-state index contributed by atoms with van der Waals surface area (Å²) in [6.45, 7) is 0.370. The third-order valence-electron chi connectivity index (χ3n) is 3.38. The van der Waals surface area contributed by atoms with Gasteiger partial charge in [-0.1, -0.05) is 36.4 Å². The molecule has 0 amide bonds. The molecule has 1 aromatic heterocycles. The van der Waals surface area contributed by atoms with Gasteiger partial charge in [-0.3, -0.25) is 4.79 Å². The van der Waals surface area contributed by atoms with E-state index in [-0.39, 0.29) is 5.56 Å². The number of nitrogens with one attached hydrogen (secondary N) is 1. The maximum atomic E-state index is 11.7. The highest BCUT2D eigenvalue weighted by atomic mass is 16.5. The fourth-order valence-electron chi connectivity index (χ4n) is 2.19. The van der Waals surface area contributed by atoms with Crippen molar-refractivity contribution in [3.05, 3.63) is 82.3 Å². The molecule has 0 saturated carbocycles. The maximum Gasteiger partial charge on any atom is 0.342 e. The van der Waals surface area contributed by atoms with Gasteiger partial charge >= 0.3 is 5.97 Å². The quantitative estimate of drug-likeness (QED) is 0.753. The van der Waals surface area contributed by atoms with Gasteiger partial charge in [0.1, 0.15) is 23.7 Å². The van der Waals surface area contributed by atoms with Gasteiger partial charge in [-0.25, -0.2) is 9.78 Å². The largest absolute Gasteiger partial charge is 0.489 e. The molecular weight excluding hydrogens is 308 g/mol. The zero-order valence-electron chi connectivity index (χ0n) is 12.6. The van der Waals surface area contributed by atoms with Crippen LogP contribution in [0.5, 0.6) is 5.75 Å². The van der Waals surface area contributed by atoms with Crippen LogP contribution >= 0.6 is 0 Å². The number of para-hydroxylation sites is 1. The van der Waals surface area contributed by atoms with E-state index in [0.717, 1.165) is 17.5 Å². The van der Waals surface area contributed by atoms with Crippen LogP contribution in [0.25, 0.3) is 11.4 Å². The number of carbonyl (C=O) groups is 1. The summed E-state index contributed by atoms with van der Waals surface area (Å²) in [6.07, 6.45) is 1.06. The molecule has 2 N–H and O–H groups in total. The van der Waals surface area contributed by atoms with E-state index >= 15 is 0 Å². The van der Waals surface area contributed by atoms with Crippen molar-refractivity contribution in [1.29, 1.82) is 0 Å². The summed E-state index contributed by atoms with van der Waals surface area (Å²) in [5.74, 6) is -0.230. The number of benzene rings is 2. The zero-order valence-corrected chi connectivity index (χ0v) is 12.6. The molecule has 120 valence electrons. The highest BCUT2D eigenvalue weighted by Gasteiger charge is 2.11. The number of aromatic nitrogens is 2. The molecule has 3 aromatic rings. The molecule has 24 heavy (non-hydrogen) atoms. The number of hydrogen-bond acceptors (Lipinski definition) is 4. The minimum absolute atomic E-state index is 0.312. The van der Waals surface area contributed by atoms with Crippen molar-refractivity contribution < 1.29 is 14.6 Å². The lowest BCUT2D eigenvalue weighted by Crippen LogP contribution is -2.18. The number of ether oxygens (including phenoxy) is 1. The third-order valence-corrected chi connectivity index (χ3v) is 3.38. The number of aromatic amines is 1. The van der Waals surface area contributed by atoms with Crippen molar-refractivity contribution in [2.24, 2.45) is 0 Å². The van der Waals surface area contributed by atoms with Crippen LogP contribution < -0.4 is 10.3 Å². The molecule has 0 saturated heterocycles. The van der Waals surface area contributed by atoms with Crippen LogP contribution in [0, 0.1) is 0 Å². The fourth-order valence-corrected chi connectivity index (χ4v) is 2.19. The summed E-state index contributed by atoms with van der Waals surface area (Å²) in [7, 11) is 0. The number of nitrogens with zero attached hydrogens (tertiary/aromatic N) is 1. The van der Waals surface area contributed by atoms with E-state index in [1.807, 2.05) is 48.5 Å². The Balaban J connectivity index is 1.81. The standard InChI is InChI=1S/C18H14N2O4/c21-17-15(18(22)23)10-19-16(20-17)13-6-4-5-12(9-13)11-24-14-7-2-1-3-8-14/h1-10H,11H2,(H,22,23)(H,19,20,21). The molecule has 3 rings (SSSR count). The average Bonchev–Trinajstić information content (AvgIpc) is 2.61.